The van der Waals surface area contributed by atoms with Gasteiger partial charge in [0.2, 0.25) is 0 Å². The van der Waals surface area contributed by atoms with Gasteiger partial charge in [-0.05, 0) is 44.0 Å². The first-order chi connectivity index (χ1) is 10.1. The Morgan fingerprint density at radius 3 is 2.67 bits per heavy atom. The van der Waals surface area contributed by atoms with Crippen LogP contribution in [0.15, 0.2) is 40.0 Å². The van der Waals surface area contributed by atoms with Crippen molar-refractivity contribution in [2.24, 2.45) is 0 Å². The first kappa shape index (κ1) is 16.1. The van der Waals surface area contributed by atoms with Crippen molar-refractivity contribution >= 4 is 33.5 Å². The molecule has 2 N–H and O–H groups in total. The van der Waals surface area contributed by atoms with Crippen LogP contribution in [0.3, 0.4) is 0 Å². The second kappa shape index (κ2) is 8.24. The summed E-state index contributed by atoms with van der Waals surface area (Å²) in [6, 6.07) is 9.65. The average molecular weight is 368 g/mol. The van der Waals surface area contributed by atoms with E-state index in [9.17, 15) is 0 Å². The molecule has 21 heavy (non-hydrogen) atoms. The highest BCUT2D eigenvalue weighted by atomic mass is 79.9. The topological polar surface area (TPSA) is 61.0 Å². The fourth-order valence-corrected chi connectivity index (χ4v) is 2.89. The highest BCUT2D eigenvalue weighted by Crippen LogP contribution is 2.18. The first-order valence-corrected chi connectivity index (χ1v) is 8.53. The molecule has 1 heterocycles. The lowest BCUT2D eigenvalue weighted by molar-refractivity contribution is 0.310. The van der Waals surface area contributed by atoms with Gasteiger partial charge in [-0.25, -0.2) is 9.97 Å². The van der Waals surface area contributed by atoms with Gasteiger partial charge in [-0.3, -0.25) is 0 Å². The molecule has 112 valence electrons. The van der Waals surface area contributed by atoms with Gasteiger partial charge in [-0.2, -0.15) is 0 Å². The lowest BCUT2D eigenvalue weighted by Gasteiger charge is -2.06. The van der Waals surface area contributed by atoms with Gasteiger partial charge in [-0.1, -0.05) is 27.7 Å². The molecule has 0 fully saturated rings. The Bertz CT molecular complexity index is 557. The van der Waals surface area contributed by atoms with Crippen molar-refractivity contribution in [1.82, 2.24) is 9.97 Å². The molecular formula is C15H18BrN3OS. The maximum atomic E-state index is 5.70. The van der Waals surface area contributed by atoms with Gasteiger partial charge in [0.25, 0.3) is 0 Å². The van der Waals surface area contributed by atoms with Crippen molar-refractivity contribution in [2.75, 3.05) is 18.1 Å². The molecule has 2 rings (SSSR count). The van der Waals surface area contributed by atoms with E-state index in [1.165, 1.54) is 0 Å². The standard InChI is InChI=1S/C15H18BrN3OS/c1-11-10-14(17)19-15(18-11)21-9-3-2-8-20-13-6-4-12(16)5-7-13/h4-7,10H,2-3,8-9H2,1H3,(H2,17,18,19). The van der Waals surface area contributed by atoms with Crippen molar-refractivity contribution < 1.29 is 4.74 Å². The maximum absolute atomic E-state index is 5.70. The Kier molecular flexibility index (Phi) is 6.32. The number of aryl methyl sites for hydroxylation is 1. The molecule has 6 heteroatoms. The van der Waals surface area contributed by atoms with Crippen LogP contribution in [0.4, 0.5) is 5.82 Å². The third kappa shape index (κ3) is 5.93. The van der Waals surface area contributed by atoms with E-state index in [0.717, 1.165) is 46.3 Å². The molecule has 0 saturated carbocycles. The smallest absolute Gasteiger partial charge is 0.189 e. The van der Waals surface area contributed by atoms with Gasteiger partial charge in [0.1, 0.15) is 11.6 Å². The third-order valence-electron chi connectivity index (χ3n) is 2.71. The third-order valence-corrected chi connectivity index (χ3v) is 4.17. The minimum Gasteiger partial charge on any atom is -0.494 e. The normalized spacial score (nSPS) is 10.6. The number of benzene rings is 1. The number of nitrogen functional groups attached to an aromatic ring is 1. The van der Waals surface area contributed by atoms with Crippen molar-refractivity contribution in [2.45, 2.75) is 24.9 Å². The summed E-state index contributed by atoms with van der Waals surface area (Å²) in [4.78, 5) is 8.55. The zero-order valence-electron chi connectivity index (χ0n) is 11.9. The highest BCUT2D eigenvalue weighted by Gasteiger charge is 2.01. The monoisotopic (exact) mass is 367 g/mol. The van der Waals surface area contributed by atoms with E-state index in [0.29, 0.717) is 5.82 Å². The van der Waals surface area contributed by atoms with Crippen LogP contribution < -0.4 is 10.5 Å². The number of hydrogen-bond donors (Lipinski definition) is 1. The number of ether oxygens (including phenoxy) is 1. The van der Waals surface area contributed by atoms with E-state index >= 15 is 0 Å². The minimum absolute atomic E-state index is 0.531. The summed E-state index contributed by atoms with van der Waals surface area (Å²) >= 11 is 5.03. The van der Waals surface area contributed by atoms with Crippen LogP contribution in [-0.2, 0) is 0 Å². The van der Waals surface area contributed by atoms with E-state index < -0.39 is 0 Å². The van der Waals surface area contributed by atoms with E-state index in [4.69, 9.17) is 10.5 Å². The predicted molar refractivity (Wildman–Crippen MR) is 90.8 cm³/mol. The van der Waals surface area contributed by atoms with Crippen LogP contribution in [0, 0.1) is 6.92 Å². The molecule has 0 aliphatic rings. The summed E-state index contributed by atoms with van der Waals surface area (Å²) in [5.74, 6) is 2.40. The van der Waals surface area contributed by atoms with Crippen LogP contribution >= 0.6 is 27.7 Å². The number of thioether (sulfide) groups is 1. The molecule has 0 aliphatic carbocycles. The van der Waals surface area contributed by atoms with Gasteiger partial charge in [-0.15, -0.1) is 0 Å². The van der Waals surface area contributed by atoms with Gasteiger partial charge < -0.3 is 10.5 Å². The molecule has 1 aromatic carbocycles. The Balaban J connectivity index is 1.62. The van der Waals surface area contributed by atoms with Gasteiger partial charge >= 0.3 is 0 Å². The van der Waals surface area contributed by atoms with Crippen LogP contribution in [0.2, 0.25) is 0 Å². The quantitative estimate of drug-likeness (QED) is 0.453. The molecule has 0 bridgehead atoms. The molecule has 0 spiro atoms. The molecule has 2 aromatic rings. The van der Waals surface area contributed by atoms with Gasteiger partial charge in [0, 0.05) is 22.0 Å². The average Bonchev–Trinajstić information content (AvgIpc) is 2.43. The Hall–Kier alpha value is -1.27. The molecule has 0 radical (unpaired) electrons. The number of unbranched alkanes of at least 4 members (excludes halogenated alkanes) is 1. The van der Waals surface area contributed by atoms with E-state index in [-0.39, 0.29) is 0 Å². The molecular weight excluding hydrogens is 350 g/mol. The summed E-state index contributed by atoms with van der Waals surface area (Å²) in [6.07, 6.45) is 2.06. The minimum atomic E-state index is 0.531. The number of anilines is 1. The fourth-order valence-electron chi connectivity index (χ4n) is 1.72. The zero-order chi connectivity index (χ0) is 15.1. The van der Waals surface area contributed by atoms with Crippen molar-refractivity contribution in [1.29, 1.82) is 0 Å². The first-order valence-electron chi connectivity index (χ1n) is 6.76. The number of hydrogen-bond acceptors (Lipinski definition) is 5. The molecule has 4 nitrogen and oxygen atoms in total. The highest BCUT2D eigenvalue weighted by molar-refractivity contribution is 9.10. The molecule has 0 aliphatic heterocycles. The number of halogens is 1. The van der Waals surface area contributed by atoms with Gasteiger partial charge in [0.15, 0.2) is 5.16 Å². The summed E-state index contributed by atoms with van der Waals surface area (Å²) < 4.78 is 6.73. The lowest BCUT2D eigenvalue weighted by Crippen LogP contribution is -1.99. The lowest BCUT2D eigenvalue weighted by atomic mass is 10.3. The largest absolute Gasteiger partial charge is 0.494 e. The number of aromatic nitrogens is 2. The predicted octanol–water partition coefficient (Wildman–Crippen LogP) is 4.08. The molecule has 0 unspecified atom stereocenters. The van der Waals surface area contributed by atoms with Crippen molar-refractivity contribution in [3.05, 3.63) is 40.5 Å². The summed E-state index contributed by atoms with van der Waals surface area (Å²) in [7, 11) is 0. The summed E-state index contributed by atoms with van der Waals surface area (Å²) in [5.41, 5.74) is 6.60. The van der Waals surface area contributed by atoms with Crippen molar-refractivity contribution in [3.63, 3.8) is 0 Å². The van der Waals surface area contributed by atoms with E-state index in [2.05, 4.69) is 25.9 Å². The molecule has 0 atom stereocenters. The number of rotatable bonds is 7. The molecule has 1 aromatic heterocycles. The SMILES string of the molecule is Cc1cc(N)nc(SCCCCOc2ccc(Br)cc2)n1. The van der Waals surface area contributed by atoms with Gasteiger partial charge in [0.05, 0.1) is 6.61 Å². The number of nitrogens with zero attached hydrogens (tertiary/aromatic N) is 2. The Morgan fingerprint density at radius 2 is 1.95 bits per heavy atom. The second-order valence-corrected chi connectivity index (χ2v) is 6.55. The summed E-state index contributed by atoms with van der Waals surface area (Å²) in [6.45, 7) is 2.65. The Labute approximate surface area is 137 Å². The second-order valence-electron chi connectivity index (χ2n) is 4.57. The fraction of sp³-hybridized carbons (Fsp3) is 0.333. The summed E-state index contributed by atoms with van der Waals surface area (Å²) in [5, 5.41) is 0.751. The maximum Gasteiger partial charge on any atom is 0.189 e. The Morgan fingerprint density at radius 1 is 1.19 bits per heavy atom. The molecule has 0 saturated heterocycles. The van der Waals surface area contributed by atoms with Crippen LogP contribution in [-0.4, -0.2) is 22.3 Å². The van der Waals surface area contributed by atoms with Crippen LogP contribution in [0.5, 0.6) is 5.75 Å². The van der Waals surface area contributed by atoms with Crippen molar-refractivity contribution in [3.8, 4) is 5.75 Å². The molecule has 0 amide bonds. The van der Waals surface area contributed by atoms with E-state index in [1.54, 1.807) is 17.8 Å². The number of nitrogens with two attached hydrogens (primary N) is 1. The van der Waals surface area contributed by atoms with E-state index in [1.807, 2.05) is 31.2 Å². The van der Waals surface area contributed by atoms with Crippen LogP contribution in [0.1, 0.15) is 18.5 Å². The van der Waals surface area contributed by atoms with Crippen LogP contribution in [0.25, 0.3) is 0 Å². The zero-order valence-corrected chi connectivity index (χ0v) is 14.3.